The minimum absolute atomic E-state index is 0.0747. The van der Waals surface area contributed by atoms with Crippen LogP contribution in [0, 0.1) is 0 Å². The van der Waals surface area contributed by atoms with Crippen LogP contribution in [0.15, 0.2) is 59.6 Å². The fourth-order valence-electron chi connectivity index (χ4n) is 2.37. The molecule has 1 aromatic heterocycles. The molecule has 3 rings (SSSR count). The van der Waals surface area contributed by atoms with Gasteiger partial charge in [-0.1, -0.05) is 18.2 Å². The molecule has 0 fully saturated rings. The molecule has 1 amide bonds. The zero-order chi connectivity index (χ0) is 18.7. The molecule has 0 saturated heterocycles. The van der Waals surface area contributed by atoms with Gasteiger partial charge in [-0.3, -0.25) is 9.59 Å². The van der Waals surface area contributed by atoms with Gasteiger partial charge in [-0.2, -0.15) is 0 Å². The number of para-hydroxylation sites is 1. The van der Waals surface area contributed by atoms with Crippen LogP contribution in [-0.2, 0) is 4.79 Å². The van der Waals surface area contributed by atoms with E-state index in [1.807, 2.05) is 30.3 Å². The molecular formula is C19H16N2O4S. The fourth-order valence-corrected chi connectivity index (χ4v) is 2.73. The maximum atomic E-state index is 12.2. The highest BCUT2D eigenvalue weighted by molar-refractivity contribution is 7.80. The van der Waals surface area contributed by atoms with Crippen LogP contribution in [0.25, 0.3) is 10.8 Å². The molecule has 0 saturated carbocycles. The topological polar surface area (TPSA) is 88.5 Å². The van der Waals surface area contributed by atoms with Gasteiger partial charge >= 0.3 is 5.97 Å². The third kappa shape index (κ3) is 3.78. The number of carboxylic acid groups (broad SMARTS) is 1. The van der Waals surface area contributed by atoms with Crippen molar-refractivity contribution >= 4 is 35.3 Å². The van der Waals surface area contributed by atoms with Gasteiger partial charge in [-0.25, -0.2) is 4.98 Å². The highest BCUT2D eigenvalue weighted by Gasteiger charge is 2.19. The van der Waals surface area contributed by atoms with Crippen LogP contribution in [0.4, 0.5) is 0 Å². The molecular weight excluding hydrogens is 352 g/mol. The number of nitrogens with one attached hydrogen (secondary N) is 1. The number of carbonyl (C=O) groups is 2. The second-order valence-electron chi connectivity index (χ2n) is 5.65. The van der Waals surface area contributed by atoms with Crippen molar-refractivity contribution in [3.05, 3.63) is 60.4 Å². The molecule has 0 unspecified atom stereocenters. The van der Waals surface area contributed by atoms with Crippen molar-refractivity contribution in [1.82, 2.24) is 10.3 Å². The van der Waals surface area contributed by atoms with Gasteiger partial charge in [0.2, 0.25) is 0 Å². The third-order valence-corrected chi connectivity index (χ3v) is 4.20. The minimum Gasteiger partial charge on any atom is -0.480 e. The van der Waals surface area contributed by atoms with Crippen LogP contribution in [0.1, 0.15) is 17.4 Å². The molecule has 0 aliphatic carbocycles. The molecule has 2 N–H and O–H groups in total. The molecule has 3 aromatic rings. The van der Waals surface area contributed by atoms with Crippen molar-refractivity contribution in [3.8, 4) is 11.5 Å². The first kappa shape index (κ1) is 17.8. The number of fused-ring (bicyclic) bond motifs is 1. The van der Waals surface area contributed by atoms with E-state index in [1.54, 1.807) is 18.2 Å². The van der Waals surface area contributed by atoms with Crippen molar-refractivity contribution in [3.63, 3.8) is 0 Å². The number of pyridine rings is 1. The highest BCUT2D eigenvalue weighted by atomic mass is 32.1. The average Bonchev–Trinajstić information content (AvgIpc) is 2.62. The van der Waals surface area contributed by atoms with Crippen LogP contribution in [-0.4, -0.2) is 28.0 Å². The summed E-state index contributed by atoms with van der Waals surface area (Å²) in [5.41, 5.74) is 0.0747. The highest BCUT2D eigenvalue weighted by Crippen LogP contribution is 2.29. The fraction of sp³-hybridized carbons (Fsp3) is 0.105. The maximum Gasteiger partial charge on any atom is 0.325 e. The van der Waals surface area contributed by atoms with Crippen molar-refractivity contribution in [2.45, 2.75) is 17.9 Å². The summed E-state index contributed by atoms with van der Waals surface area (Å²) in [7, 11) is 0. The van der Waals surface area contributed by atoms with Crippen molar-refractivity contribution in [1.29, 1.82) is 0 Å². The molecule has 1 heterocycles. The Labute approximate surface area is 155 Å². The van der Waals surface area contributed by atoms with Crippen LogP contribution < -0.4 is 10.1 Å². The number of carboxylic acids is 1. The second kappa shape index (κ2) is 7.45. The van der Waals surface area contributed by atoms with Crippen molar-refractivity contribution in [2.24, 2.45) is 0 Å². The smallest absolute Gasteiger partial charge is 0.325 e. The van der Waals surface area contributed by atoms with E-state index in [1.165, 1.54) is 13.1 Å². The lowest BCUT2D eigenvalue weighted by Gasteiger charge is -2.12. The van der Waals surface area contributed by atoms with E-state index >= 15 is 0 Å². The van der Waals surface area contributed by atoms with Gasteiger partial charge < -0.3 is 15.2 Å². The second-order valence-corrected chi connectivity index (χ2v) is 6.10. The standard InChI is InChI=1S/C19H16N2O4S/c1-11(19(23)24)21-18(22)16-17(26)15-8-7-14(9-12(15)10-20-16)25-13-5-3-2-4-6-13/h2-11,26H,1H3,(H,21,22)(H,23,24)/t11-/m0/s1. The van der Waals surface area contributed by atoms with Gasteiger partial charge in [0.05, 0.1) is 0 Å². The van der Waals surface area contributed by atoms with Crippen LogP contribution in [0.3, 0.4) is 0 Å². The number of ether oxygens (including phenoxy) is 1. The van der Waals surface area contributed by atoms with Crippen LogP contribution in [0.5, 0.6) is 11.5 Å². The van der Waals surface area contributed by atoms with E-state index in [4.69, 9.17) is 9.84 Å². The van der Waals surface area contributed by atoms with E-state index in [2.05, 4.69) is 22.9 Å². The number of carbonyl (C=O) groups excluding carboxylic acids is 1. The summed E-state index contributed by atoms with van der Waals surface area (Å²) in [5, 5.41) is 12.7. The Kier molecular flexibility index (Phi) is 5.09. The Morgan fingerprint density at radius 3 is 2.58 bits per heavy atom. The predicted molar refractivity (Wildman–Crippen MR) is 100 cm³/mol. The van der Waals surface area contributed by atoms with E-state index < -0.39 is 17.9 Å². The van der Waals surface area contributed by atoms with E-state index in [-0.39, 0.29) is 5.69 Å². The van der Waals surface area contributed by atoms with E-state index in [9.17, 15) is 9.59 Å². The zero-order valence-corrected chi connectivity index (χ0v) is 14.7. The number of hydrogen-bond donors (Lipinski definition) is 3. The summed E-state index contributed by atoms with van der Waals surface area (Å²) in [5.74, 6) is -0.363. The molecule has 1 atom stereocenters. The molecule has 0 radical (unpaired) electrons. The summed E-state index contributed by atoms with van der Waals surface area (Å²) in [4.78, 5) is 27.6. The lowest BCUT2D eigenvalue weighted by atomic mass is 10.1. The molecule has 0 aliphatic heterocycles. The quantitative estimate of drug-likeness (QED) is 0.600. The number of benzene rings is 2. The van der Waals surface area contributed by atoms with E-state index in [0.717, 1.165) is 10.8 Å². The minimum atomic E-state index is -1.12. The molecule has 2 aromatic carbocycles. The number of hydrogen-bond acceptors (Lipinski definition) is 5. The van der Waals surface area contributed by atoms with E-state index in [0.29, 0.717) is 16.4 Å². The van der Waals surface area contributed by atoms with Gasteiger partial charge in [0.15, 0.2) is 0 Å². The van der Waals surface area contributed by atoms with Gasteiger partial charge in [0.1, 0.15) is 23.2 Å². The maximum absolute atomic E-state index is 12.2. The third-order valence-electron chi connectivity index (χ3n) is 3.75. The zero-order valence-electron chi connectivity index (χ0n) is 13.8. The molecule has 0 bridgehead atoms. The molecule has 0 aliphatic rings. The molecule has 0 spiro atoms. The summed E-state index contributed by atoms with van der Waals surface area (Å²) >= 11 is 4.40. The predicted octanol–water partition coefficient (Wildman–Crippen LogP) is 3.52. The molecule has 132 valence electrons. The van der Waals surface area contributed by atoms with Gasteiger partial charge in [0.25, 0.3) is 5.91 Å². The van der Waals surface area contributed by atoms with Crippen molar-refractivity contribution < 1.29 is 19.4 Å². The van der Waals surface area contributed by atoms with Gasteiger partial charge in [-0.05, 0) is 42.6 Å². The summed E-state index contributed by atoms with van der Waals surface area (Å²) in [6, 6.07) is 13.7. The Bertz CT molecular complexity index is 976. The summed E-state index contributed by atoms with van der Waals surface area (Å²) in [6.45, 7) is 1.38. The summed E-state index contributed by atoms with van der Waals surface area (Å²) < 4.78 is 5.79. The SMILES string of the molecule is C[C@H](NC(=O)c1ncc2cc(Oc3ccccc3)ccc2c1S)C(=O)O. The Morgan fingerprint density at radius 2 is 1.88 bits per heavy atom. The molecule has 7 heteroatoms. The number of aliphatic carboxylic acids is 1. The summed E-state index contributed by atoms with van der Waals surface area (Å²) in [6.07, 6.45) is 1.53. The Morgan fingerprint density at radius 1 is 1.15 bits per heavy atom. The molecule has 26 heavy (non-hydrogen) atoms. The lowest BCUT2D eigenvalue weighted by molar-refractivity contribution is -0.138. The van der Waals surface area contributed by atoms with Crippen LogP contribution in [0.2, 0.25) is 0 Å². The first-order valence-corrected chi connectivity index (χ1v) is 8.28. The first-order chi connectivity index (χ1) is 12.5. The number of aromatic nitrogens is 1. The number of rotatable bonds is 5. The molecule has 6 nitrogen and oxygen atoms in total. The lowest BCUT2D eigenvalue weighted by Crippen LogP contribution is -2.38. The monoisotopic (exact) mass is 368 g/mol. The largest absolute Gasteiger partial charge is 0.480 e. The number of amides is 1. The Hall–Kier alpha value is -3.06. The average molecular weight is 368 g/mol. The Balaban J connectivity index is 1.89. The van der Waals surface area contributed by atoms with Gasteiger partial charge in [0, 0.05) is 16.5 Å². The number of thiol groups is 1. The normalized spacial score (nSPS) is 11.8. The first-order valence-electron chi connectivity index (χ1n) is 7.84. The van der Waals surface area contributed by atoms with Gasteiger partial charge in [-0.15, -0.1) is 12.6 Å². The van der Waals surface area contributed by atoms with Crippen LogP contribution >= 0.6 is 12.6 Å². The number of nitrogens with zero attached hydrogens (tertiary/aromatic N) is 1. The van der Waals surface area contributed by atoms with Crippen molar-refractivity contribution in [2.75, 3.05) is 0 Å².